The van der Waals surface area contributed by atoms with Crippen molar-refractivity contribution < 1.29 is 28.6 Å². The number of carbonyl (C=O) groups excluding carboxylic acids is 1. The monoisotopic (exact) mass is 735 g/mol. The fraction of sp³-hybridized carbons (Fsp3) is 0.395. The third-order valence-electron chi connectivity index (χ3n) is 10.5. The number of amides is 1. The van der Waals surface area contributed by atoms with Gasteiger partial charge in [-0.2, -0.15) is 0 Å². The number of aliphatic carboxylic acids is 1. The molecule has 1 aliphatic heterocycles. The molecule has 268 valence electrons. The second kappa shape index (κ2) is 13.8. The van der Waals surface area contributed by atoms with Gasteiger partial charge in [-0.25, -0.2) is 9.37 Å². The molecule has 1 unspecified atom stereocenters. The molecule has 1 aromatic heterocycles. The number of fused-ring (bicyclic) bond motifs is 2. The zero-order valence-corrected chi connectivity index (χ0v) is 30.4. The van der Waals surface area contributed by atoms with Crippen LogP contribution in [-0.2, 0) is 37.8 Å². The predicted molar refractivity (Wildman–Crippen MR) is 193 cm³/mol. The summed E-state index contributed by atoms with van der Waals surface area (Å²) in [4.78, 5) is 32.2. The summed E-state index contributed by atoms with van der Waals surface area (Å²) in [5.74, 6) is -1.33. The average molecular weight is 737 g/mol. The predicted octanol–water partition coefficient (Wildman–Crippen LogP) is 7.33. The van der Waals surface area contributed by atoms with Crippen LogP contribution in [0.15, 0.2) is 42.5 Å². The van der Waals surface area contributed by atoms with Crippen LogP contribution in [0.25, 0.3) is 11.1 Å². The normalized spacial score (nSPS) is 17.6. The van der Waals surface area contributed by atoms with Gasteiger partial charge in [-0.1, -0.05) is 53.5 Å². The second-order valence-corrected chi connectivity index (χ2v) is 14.5. The number of hydrogen-bond acceptors (Lipinski definition) is 7. The van der Waals surface area contributed by atoms with Crippen molar-refractivity contribution in [2.24, 2.45) is 7.05 Å². The summed E-state index contributed by atoms with van der Waals surface area (Å²) in [6.45, 7) is 5.90. The summed E-state index contributed by atoms with van der Waals surface area (Å²) in [7, 11) is 3.30. The molecule has 1 fully saturated rings. The maximum Gasteiger partial charge on any atom is 0.323 e. The van der Waals surface area contributed by atoms with Gasteiger partial charge in [-0.05, 0) is 62.3 Å². The Labute approximate surface area is 305 Å². The molecule has 10 nitrogen and oxygen atoms in total. The second-order valence-electron chi connectivity index (χ2n) is 13.8. The number of anilines is 1. The van der Waals surface area contributed by atoms with Crippen molar-refractivity contribution in [3.63, 3.8) is 0 Å². The van der Waals surface area contributed by atoms with E-state index in [0.29, 0.717) is 54.8 Å². The molecule has 1 atom stereocenters. The first-order chi connectivity index (χ1) is 24.4. The number of benzene rings is 3. The highest BCUT2D eigenvalue weighted by Gasteiger charge is 2.50. The van der Waals surface area contributed by atoms with E-state index in [4.69, 9.17) is 37.7 Å². The van der Waals surface area contributed by atoms with Crippen molar-refractivity contribution in [1.82, 2.24) is 19.8 Å². The summed E-state index contributed by atoms with van der Waals surface area (Å²) >= 11 is 13.5. The van der Waals surface area contributed by atoms with Crippen LogP contribution in [0.2, 0.25) is 10.0 Å². The standard InChI is InChI=1S/C38H40Cl2FN5O5/c1-20(2)46-16-13-28-27(19-46)43-35(45(28)3)36(47)44-26-10-6-9-24(32(26)39)21-7-5-8-23-22(21)11-12-29(23)51-31-17-30(50-4)25(34(41)33(31)40)18-42-38(14-15-38)37(48)49/h5-10,17,20,29,42H,11-16,18-19H2,1-4H3,(H,44,47)(H,48,49). The van der Waals surface area contributed by atoms with Gasteiger partial charge in [0.05, 0.1) is 23.5 Å². The number of halogens is 3. The van der Waals surface area contributed by atoms with E-state index >= 15 is 4.39 Å². The minimum Gasteiger partial charge on any atom is -0.496 e. The number of nitrogens with one attached hydrogen (secondary N) is 2. The number of carbonyl (C=O) groups is 2. The smallest absolute Gasteiger partial charge is 0.323 e. The molecule has 3 aromatic carbocycles. The van der Waals surface area contributed by atoms with Crippen LogP contribution in [0, 0.1) is 5.82 Å². The lowest BCUT2D eigenvalue weighted by Crippen LogP contribution is -2.38. The van der Waals surface area contributed by atoms with Gasteiger partial charge in [0.1, 0.15) is 28.2 Å². The number of methoxy groups -OCH3 is 1. The molecular weight excluding hydrogens is 696 g/mol. The Morgan fingerprint density at radius 3 is 2.55 bits per heavy atom. The molecule has 2 aliphatic carbocycles. The van der Waals surface area contributed by atoms with Crippen LogP contribution >= 0.6 is 23.2 Å². The Balaban J connectivity index is 1.11. The lowest BCUT2D eigenvalue weighted by molar-refractivity contribution is -0.140. The zero-order chi connectivity index (χ0) is 36.2. The minimum absolute atomic E-state index is 0.0575. The third kappa shape index (κ3) is 6.45. The first-order valence-electron chi connectivity index (χ1n) is 17.1. The van der Waals surface area contributed by atoms with Crippen LogP contribution in [0.4, 0.5) is 10.1 Å². The SMILES string of the molecule is COc1cc(OC2CCc3c(-c4cccc(NC(=O)c5nc6c(n5C)CCN(C(C)C)C6)c4Cl)cccc32)c(Cl)c(F)c1CNC1(C(=O)O)CC1. The average Bonchev–Trinajstić information content (AvgIpc) is 3.70. The number of hydrogen-bond donors (Lipinski definition) is 3. The number of nitrogens with zero attached hydrogens (tertiary/aromatic N) is 3. The van der Waals surface area contributed by atoms with Crippen molar-refractivity contribution in [1.29, 1.82) is 0 Å². The van der Waals surface area contributed by atoms with Gasteiger partial charge in [0, 0.05) is 62.0 Å². The number of carboxylic acid groups (broad SMARTS) is 1. The van der Waals surface area contributed by atoms with Crippen molar-refractivity contribution in [3.05, 3.63) is 92.2 Å². The van der Waals surface area contributed by atoms with Crippen molar-refractivity contribution >= 4 is 40.8 Å². The lowest BCUT2D eigenvalue weighted by atomic mass is 9.96. The van der Waals surface area contributed by atoms with E-state index in [-0.39, 0.29) is 34.5 Å². The summed E-state index contributed by atoms with van der Waals surface area (Å²) in [6, 6.07) is 13.4. The maximum atomic E-state index is 15.6. The van der Waals surface area contributed by atoms with E-state index in [9.17, 15) is 14.7 Å². The third-order valence-corrected chi connectivity index (χ3v) is 11.2. The Bertz CT molecular complexity index is 2050. The molecule has 1 saturated carbocycles. The van der Waals surface area contributed by atoms with Crippen LogP contribution in [-0.4, -0.2) is 56.7 Å². The highest BCUT2D eigenvalue weighted by Crippen LogP contribution is 2.46. The summed E-state index contributed by atoms with van der Waals surface area (Å²) in [6.07, 6.45) is 2.64. The molecule has 3 N–H and O–H groups in total. The number of imidazole rings is 1. The summed E-state index contributed by atoms with van der Waals surface area (Å²) in [5, 5.41) is 15.7. The van der Waals surface area contributed by atoms with Crippen molar-refractivity contribution in [2.75, 3.05) is 19.0 Å². The van der Waals surface area contributed by atoms with Gasteiger partial charge < -0.3 is 24.5 Å². The molecule has 0 saturated heterocycles. The van der Waals surface area contributed by atoms with E-state index in [1.165, 1.54) is 7.11 Å². The van der Waals surface area contributed by atoms with Crippen LogP contribution < -0.4 is 20.1 Å². The fourth-order valence-corrected chi connectivity index (χ4v) is 7.74. The van der Waals surface area contributed by atoms with Crippen molar-refractivity contribution in [3.8, 4) is 22.6 Å². The fourth-order valence-electron chi connectivity index (χ4n) is 7.25. The Kier molecular flexibility index (Phi) is 9.51. The van der Waals surface area contributed by atoms with Gasteiger partial charge >= 0.3 is 5.97 Å². The van der Waals surface area contributed by atoms with Crippen LogP contribution in [0.1, 0.15) is 77.9 Å². The molecule has 7 rings (SSSR count). The number of ether oxygens (including phenoxy) is 2. The molecule has 0 bridgehead atoms. The van der Waals surface area contributed by atoms with Crippen molar-refractivity contribution in [2.45, 2.75) is 76.7 Å². The number of rotatable bonds is 11. The summed E-state index contributed by atoms with van der Waals surface area (Å²) in [5.41, 5.74) is 5.19. The lowest BCUT2D eigenvalue weighted by Gasteiger charge is -2.29. The van der Waals surface area contributed by atoms with E-state index < -0.39 is 23.4 Å². The molecule has 4 aromatic rings. The Morgan fingerprint density at radius 2 is 1.84 bits per heavy atom. The Morgan fingerprint density at radius 1 is 1.10 bits per heavy atom. The van der Waals surface area contributed by atoms with Gasteiger partial charge in [0.25, 0.3) is 5.91 Å². The highest BCUT2D eigenvalue weighted by molar-refractivity contribution is 6.36. The zero-order valence-electron chi connectivity index (χ0n) is 28.9. The molecule has 51 heavy (non-hydrogen) atoms. The number of carboxylic acids is 1. The van der Waals surface area contributed by atoms with Gasteiger partial charge in [0.2, 0.25) is 0 Å². The van der Waals surface area contributed by atoms with Crippen LogP contribution in [0.3, 0.4) is 0 Å². The molecule has 3 aliphatic rings. The van der Waals surface area contributed by atoms with Crippen LogP contribution in [0.5, 0.6) is 11.5 Å². The van der Waals surface area contributed by atoms with Gasteiger partial charge in [-0.3, -0.25) is 19.8 Å². The number of aromatic nitrogens is 2. The molecule has 13 heteroatoms. The molecule has 2 heterocycles. The topological polar surface area (TPSA) is 118 Å². The minimum atomic E-state index is -1.05. The quantitative estimate of drug-likeness (QED) is 0.147. The van der Waals surface area contributed by atoms with E-state index in [1.807, 2.05) is 41.9 Å². The molecule has 0 spiro atoms. The maximum absolute atomic E-state index is 15.6. The largest absolute Gasteiger partial charge is 0.496 e. The molecule has 0 radical (unpaired) electrons. The molecule has 1 amide bonds. The van der Waals surface area contributed by atoms with Gasteiger partial charge in [-0.15, -0.1) is 0 Å². The first kappa shape index (κ1) is 35.3. The first-order valence-corrected chi connectivity index (χ1v) is 17.9. The molecular formula is C38H40Cl2FN5O5. The van der Waals surface area contributed by atoms with Gasteiger partial charge in [0.15, 0.2) is 11.6 Å². The van der Waals surface area contributed by atoms with E-state index in [0.717, 1.165) is 46.6 Å². The highest BCUT2D eigenvalue weighted by atomic mass is 35.5. The van der Waals surface area contributed by atoms with E-state index in [1.54, 1.807) is 12.1 Å². The van der Waals surface area contributed by atoms with E-state index in [2.05, 4.69) is 29.4 Å². The Hall–Kier alpha value is -4.16. The summed E-state index contributed by atoms with van der Waals surface area (Å²) < 4.78 is 29.3.